The zero-order valence-electron chi connectivity index (χ0n) is 8.75. The molecule has 0 aromatic carbocycles. The molecule has 0 saturated heterocycles. The first-order valence-electron chi connectivity index (χ1n) is 5.69. The summed E-state index contributed by atoms with van der Waals surface area (Å²) in [6, 6.07) is 0. The number of ketones is 1. The third-order valence-corrected chi connectivity index (χ3v) is 3.67. The summed E-state index contributed by atoms with van der Waals surface area (Å²) in [5, 5.41) is 0. The van der Waals surface area contributed by atoms with E-state index < -0.39 is 0 Å². The first-order valence-corrected chi connectivity index (χ1v) is 5.69. The number of rotatable bonds is 4. The molecule has 2 aliphatic carbocycles. The van der Waals surface area contributed by atoms with Crippen molar-refractivity contribution in [2.24, 2.45) is 23.7 Å². The van der Waals surface area contributed by atoms with Gasteiger partial charge in [0.25, 0.3) is 0 Å². The third kappa shape index (κ3) is 2.12. The van der Waals surface area contributed by atoms with Gasteiger partial charge >= 0.3 is 0 Å². The SMILES string of the molecule is CC(C)CCC(=O)C1CC2CC2C1. The largest absolute Gasteiger partial charge is 0.299 e. The summed E-state index contributed by atoms with van der Waals surface area (Å²) in [5.74, 6) is 3.60. The molecule has 0 heterocycles. The van der Waals surface area contributed by atoms with Crippen molar-refractivity contribution in [2.45, 2.75) is 46.0 Å². The number of fused-ring (bicyclic) bond motifs is 1. The molecule has 2 saturated carbocycles. The highest BCUT2D eigenvalue weighted by Crippen LogP contribution is 2.54. The third-order valence-electron chi connectivity index (χ3n) is 3.67. The molecule has 0 aromatic heterocycles. The predicted octanol–water partition coefficient (Wildman–Crippen LogP) is 3.04. The van der Waals surface area contributed by atoms with Crippen molar-refractivity contribution >= 4 is 5.78 Å². The molecule has 0 N–H and O–H groups in total. The Hall–Kier alpha value is -0.330. The maximum absolute atomic E-state index is 11.7. The Morgan fingerprint density at radius 1 is 1.23 bits per heavy atom. The van der Waals surface area contributed by atoms with Crippen molar-refractivity contribution in [1.29, 1.82) is 0 Å². The second-order valence-electron chi connectivity index (χ2n) is 5.32. The maximum Gasteiger partial charge on any atom is 0.136 e. The van der Waals surface area contributed by atoms with Crippen LogP contribution < -0.4 is 0 Å². The Morgan fingerprint density at radius 2 is 1.85 bits per heavy atom. The monoisotopic (exact) mass is 180 g/mol. The van der Waals surface area contributed by atoms with Crippen LogP contribution >= 0.6 is 0 Å². The van der Waals surface area contributed by atoms with Crippen molar-refractivity contribution in [2.75, 3.05) is 0 Å². The molecule has 2 unspecified atom stereocenters. The van der Waals surface area contributed by atoms with Crippen LogP contribution in [-0.4, -0.2) is 5.78 Å². The van der Waals surface area contributed by atoms with Gasteiger partial charge in [-0.05, 0) is 43.4 Å². The molecule has 2 atom stereocenters. The zero-order chi connectivity index (χ0) is 9.42. The number of carbonyl (C=O) groups excluding carboxylic acids is 1. The molecular formula is C12H20O. The Balaban J connectivity index is 1.71. The summed E-state index contributed by atoms with van der Waals surface area (Å²) in [7, 11) is 0. The lowest BCUT2D eigenvalue weighted by Crippen LogP contribution is -2.13. The lowest BCUT2D eigenvalue weighted by atomic mass is 9.93. The fraction of sp³-hybridized carbons (Fsp3) is 0.917. The van der Waals surface area contributed by atoms with Gasteiger partial charge in [0, 0.05) is 12.3 Å². The second kappa shape index (κ2) is 3.43. The lowest BCUT2D eigenvalue weighted by molar-refractivity contribution is -0.123. The molecule has 0 aliphatic heterocycles. The number of carbonyl (C=O) groups is 1. The molecule has 0 radical (unpaired) electrons. The minimum Gasteiger partial charge on any atom is -0.299 e. The van der Waals surface area contributed by atoms with Crippen LogP contribution in [0.3, 0.4) is 0 Å². The summed E-state index contributed by atoms with van der Waals surface area (Å²) in [4.78, 5) is 11.7. The van der Waals surface area contributed by atoms with E-state index in [2.05, 4.69) is 13.8 Å². The molecule has 2 rings (SSSR count). The van der Waals surface area contributed by atoms with Gasteiger partial charge in [0.15, 0.2) is 0 Å². The van der Waals surface area contributed by atoms with Crippen LogP contribution in [0.4, 0.5) is 0 Å². The number of hydrogen-bond donors (Lipinski definition) is 0. The Bertz CT molecular complexity index is 197. The standard InChI is InChI=1S/C12H20O/c1-8(2)3-4-12(13)11-6-9-5-10(9)7-11/h8-11H,3-7H2,1-2H3. The molecule has 74 valence electrons. The Labute approximate surface area is 80.9 Å². The van der Waals surface area contributed by atoms with Gasteiger partial charge in [0.2, 0.25) is 0 Å². The predicted molar refractivity (Wildman–Crippen MR) is 53.4 cm³/mol. The fourth-order valence-corrected chi connectivity index (χ4v) is 2.61. The van der Waals surface area contributed by atoms with E-state index >= 15 is 0 Å². The maximum atomic E-state index is 11.7. The first-order chi connectivity index (χ1) is 6.16. The van der Waals surface area contributed by atoms with Gasteiger partial charge in [-0.25, -0.2) is 0 Å². The quantitative estimate of drug-likeness (QED) is 0.650. The summed E-state index contributed by atoms with van der Waals surface area (Å²) >= 11 is 0. The molecule has 2 fully saturated rings. The van der Waals surface area contributed by atoms with E-state index in [1.807, 2.05) is 0 Å². The molecule has 1 nitrogen and oxygen atoms in total. The van der Waals surface area contributed by atoms with E-state index in [1.165, 1.54) is 19.3 Å². The lowest BCUT2D eigenvalue weighted by Gasteiger charge is -2.11. The molecule has 0 amide bonds. The zero-order valence-corrected chi connectivity index (χ0v) is 8.75. The van der Waals surface area contributed by atoms with Gasteiger partial charge in [0.05, 0.1) is 0 Å². The summed E-state index contributed by atoms with van der Waals surface area (Å²) in [5.41, 5.74) is 0. The van der Waals surface area contributed by atoms with E-state index in [-0.39, 0.29) is 0 Å². The van der Waals surface area contributed by atoms with Crippen molar-refractivity contribution < 1.29 is 4.79 Å². The average molecular weight is 180 g/mol. The van der Waals surface area contributed by atoms with Crippen molar-refractivity contribution in [3.63, 3.8) is 0 Å². The second-order valence-corrected chi connectivity index (χ2v) is 5.32. The minimum absolute atomic E-state index is 0.461. The molecule has 13 heavy (non-hydrogen) atoms. The molecule has 0 bridgehead atoms. The van der Waals surface area contributed by atoms with Crippen molar-refractivity contribution in [3.8, 4) is 0 Å². The van der Waals surface area contributed by atoms with Gasteiger partial charge < -0.3 is 0 Å². The van der Waals surface area contributed by atoms with Crippen molar-refractivity contribution in [1.82, 2.24) is 0 Å². The van der Waals surface area contributed by atoms with Crippen LogP contribution in [-0.2, 0) is 4.79 Å². The van der Waals surface area contributed by atoms with Crippen molar-refractivity contribution in [3.05, 3.63) is 0 Å². The van der Waals surface area contributed by atoms with Gasteiger partial charge in [-0.3, -0.25) is 4.79 Å². The van der Waals surface area contributed by atoms with E-state index in [4.69, 9.17) is 0 Å². The van der Waals surface area contributed by atoms with E-state index in [0.29, 0.717) is 17.6 Å². The van der Waals surface area contributed by atoms with Crippen LogP contribution in [0.15, 0.2) is 0 Å². The highest BCUT2D eigenvalue weighted by Gasteiger charge is 2.47. The smallest absolute Gasteiger partial charge is 0.136 e. The van der Waals surface area contributed by atoms with Crippen LogP contribution in [0.2, 0.25) is 0 Å². The highest BCUT2D eigenvalue weighted by molar-refractivity contribution is 5.81. The highest BCUT2D eigenvalue weighted by atomic mass is 16.1. The van der Waals surface area contributed by atoms with Gasteiger partial charge in [-0.1, -0.05) is 13.8 Å². The minimum atomic E-state index is 0.461. The fourth-order valence-electron chi connectivity index (χ4n) is 2.61. The summed E-state index contributed by atoms with van der Waals surface area (Å²) < 4.78 is 0. The van der Waals surface area contributed by atoms with Crippen LogP contribution in [0, 0.1) is 23.7 Å². The topological polar surface area (TPSA) is 17.1 Å². The molecular weight excluding hydrogens is 160 g/mol. The molecule has 0 spiro atoms. The summed E-state index contributed by atoms with van der Waals surface area (Å²) in [6.45, 7) is 4.39. The number of hydrogen-bond acceptors (Lipinski definition) is 1. The Kier molecular flexibility index (Phi) is 2.44. The molecule has 0 aromatic rings. The number of Topliss-reactive ketones (excluding diaryl/α,β-unsaturated/α-hetero) is 1. The van der Waals surface area contributed by atoms with Gasteiger partial charge in [-0.2, -0.15) is 0 Å². The van der Waals surface area contributed by atoms with Crippen LogP contribution in [0.25, 0.3) is 0 Å². The first kappa shape index (κ1) is 9.23. The van der Waals surface area contributed by atoms with Gasteiger partial charge in [0.1, 0.15) is 5.78 Å². The van der Waals surface area contributed by atoms with Crippen LogP contribution in [0.1, 0.15) is 46.0 Å². The van der Waals surface area contributed by atoms with E-state index in [0.717, 1.165) is 24.7 Å². The van der Waals surface area contributed by atoms with E-state index in [9.17, 15) is 4.79 Å². The normalized spacial score (nSPS) is 36.4. The molecule has 1 heteroatoms. The average Bonchev–Trinajstić information content (AvgIpc) is 2.69. The van der Waals surface area contributed by atoms with E-state index in [1.54, 1.807) is 0 Å². The summed E-state index contributed by atoms with van der Waals surface area (Å²) in [6.07, 6.45) is 5.80. The van der Waals surface area contributed by atoms with Gasteiger partial charge in [-0.15, -0.1) is 0 Å². The van der Waals surface area contributed by atoms with Crippen LogP contribution in [0.5, 0.6) is 0 Å². The molecule has 2 aliphatic rings. The Morgan fingerprint density at radius 3 is 2.38 bits per heavy atom.